The van der Waals surface area contributed by atoms with Crippen molar-refractivity contribution in [1.29, 1.82) is 0 Å². The smallest absolute Gasteiger partial charge is 0.234 e. The van der Waals surface area contributed by atoms with Crippen molar-refractivity contribution in [3.05, 3.63) is 69.6 Å². The first-order valence-corrected chi connectivity index (χ1v) is 17.7. The van der Waals surface area contributed by atoms with E-state index in [1.165, 1.54) is 32.3 Å². The van der Waals surface area contributed by atoms with Crippen LogP contribution in [-0.2, 0) is 48.7 Å². The van der Waals surface area contributed by atoms with E-state index in [1.807, 2.05) is 11.3 Å². The third-order valence-electron chi connectivity index (χ3n) is 8.83. The molecule has 0 aliphatic carbocycles. The Bertz CT molecular complexity index is 1270. The quantitative estimate of drug-likeness (QED) is 0.152. The molecular formula is C37H52O5S. The Morgan fingerprint density at radius 1 is 0.860 bits per heavy atom. The molecule has 0 unspecified atom stereocenters. The molecule has 3 heterocycles. The van der Waals surface area contributed by atoms with Gasteiger partial charge in [0.05, 0.1) is 30.3 Å². The van der Waals surface area contributed by atoms with Gasteiger partial charge in [0.25, 0.3) is 0 Å². The Morgan fingerprint density at radius 3 is 2.33 bits per heavy atom. The fraction of sp³-hybridized carbons (Fsp3) is 0.622. The summed E-state index contributed by atoms with van der Waals surface area (Å²) in [6, 6.07) is 15.8. The maximum atomic E-state index is 7.07. The number of thiophene rings is 1. The summed E-state index contributed by atoms with van der Waals surface area (Å²) in [5.41, 5.74) is 5.41. The lowest BCUT2D eigenvalue weighted by atomic mass is 9.88. The van der Waals surface area contributed by atoms with E-state index in [2.05, 4.69) is 70.2 Å². The highest BCUT2D eigenvalue weighted by Gasteiger charge is 2.57. The highest BCUT2D eigenvalue weighted by molar-refractivity contribution is 7.19. The van der Waals surface area contributed by atoms with E-state index in [0.29, 0.717) is 26.4 Å². The molecular weight excluding hydrogens is 556 g/mol. The largest absolute Gasteiger partial charge is 0.379 e. The molecule has 0 saturated carbocycles. The second kappa shape index (κ2) is 16.0. The van der Waals surface area contributed by atoms with Crippen LogP contribution in [0.5, 0.6) is 0 Å². The molecule has 3 aromatic rings. The van der Waals surface area contributed by atoms with E-state index in [-0.39, 0.29) is 18.3 Å². The summed E-state index contributed by atoms with van der Waals surface area (Å²) >= 11 is 1.84. The minimum absolute atomic E-state index is 0.121. The average molecular weight is 609 g/mol. The molecule has 0 amide bonds. The molecule has 1 spiro atoms. The molecule has 2 aromatic carbocycles. The number of aryl methyl sites for hydroxylation is 1. The fourth-order valence-electron chi connectivity index (χ4n) is 6.34. The molecule has 0 radical (unpaired) electrons. The molecule has 2 aliphatic heterocycles. The molecule has 0 N–H and O–H groups in total. The number of ether oxygens (including phenoxy) is 5. The highest BCUT2D eigenvalue weighted by atomic mass is 32.1. The van der Waals surface area contributed by atoms with E-state index in [1.54, 1.807) is 0 Å². The monoisotopic (exact) mass is 608 g/mol. The molecule has 236 valence electrons. The van der Waals surface area contributed by atoms with Crippen LogP contribution >= 0.6 is 11.3 Å². The minimum Gasteiger partial charge on any atom is -0.379 e. The second-order valence-corrected chi connectivity index (χ2v) is 13.1. The van der Waals surface area contributed by atoms with Crippen molar-refractivity contribution >= 4 is 21.4 Å². The molecule has 1 fully saturated rings. The van der Waals surface area contributed by atoms with Gasteiger partial charge in [0.1, 0.15) is 6.10 Å². The number of hydrogen-bond acceptors (Lipinski definition) is 6. The first-order valence-electron chi connectivity index (χ1n) is 16.9. The van der Waals surface area contributed by atoms with E-state index < -0.39 is 5.79 Å². The minimum atomic E-state index is -1.00. The Hall–Kier alpha value is -1.80. The van der Waals surface area contributed by atoms with Crippen molar-refractivity contribution in [2.75, 3.05) is 33.0 Å². The van der Waals surface area contributed by atoms with Crippen molar-refractivity contribution in [1.82, 2.24) is 0 Å². The molecule has 6 heteroatoms. The van der Waals surface area contributed by atoms with Crippen molar-refractivity contribution in [2.24, 2.45) is 0 Å². The van der Waals surface area contributed by atoms with Crippen LogP contribution in [0.25, 0.3) is 10.1 Å². The van der Waals surface area contributed by atoms with Crippen LogP contribution in [0.15, 0.2) is 42.5 Å². The van der Waals surface area contributed by atoms with Crippen molar-refractivity contribution in [3.63, 3.8) is 0 Å². The summed E-state index contributed by atoms with van der Waals surface area (Å²) in [6.45, 7) is 12.1. The Morgan fingerprint density at radius 2 is 1.58 bits per heavy atom. The van der Waals surface area contributed by atoms with Crippen LogP contribution in [-0.4, -0.2) is 51.3 Å². The Kier molecular flexibility index (Phi) is 12.1. The van der Waals surface area contributed by atoms with E-state index in [4.69, 9.17) is 23.7 Å². The molecule has 43 heavy (non-hydrogen) atoms. The molecule has 4 atom stereocenters. The maximum absolute atomic E-state index is 7.07. The second-order valence-electron chi connectivity index (χ2n) is 12.1. The molecule has 5 nitrogen and oxygen atoms in total. The highest BCUT2D eigenvalue weighted by Crippen LogP contribution is 2.51. The van der Waals surface area contributed by atoms with E-state index >= 15 is 0 Å². The van der Waals surface area contributed by atoms with Gasteiger partial charge < -0.3 is 23.7 Å². The van der Waals surface area contributed by atoms with Gasteiger partial charge in [0.15, 0.2) is 0 Å². The summed E-state index contributed by atoms with van der Waals surface area (Å²) in [6.07, 6.45) is 9.38. The van der Waals surface area contributed by atoms with E-state index in [9.17, 15) is 0 Å². The number of benzene rings is 2. The van der Waals surface area contributed by atoms with Crippen molar-refractivity contribution in [2.45, 2.75) is 116 Å². The number of fused-ring (bicyclic) bond motifs is 4. The SMILES string of the molecule is CCCCOC[C@@H]1C[C@H](OCCCC)[C@@H](OCCCC)[C@@]2(OCCc3c2sc2c(Cc4ccc(CC)cc4)cccc32)O1. The third-order valence-corrected chi connectivity index (χ3v) is 10.3. The first kappa shape index (κ1) is 32.6. The summed E-state index contributed by atoms with van der Waals surface area (Å²) in [5, 5.41) is 1.33. The fourth-order valence-corrected chi connectivity index (χ4v) is 7.82. The topological polar surface area (TPSA) is 46.2 Å². The number of unbranched alkanes of at least 4 members (excludes halogenated alkanes) is 3. The molecule has 0 bridgehead atoms. The van der Waals surface area contributed by atoms with Gasteiger partial charge in [-0.3, -0.25) is 0 Å². The molecule has 2 aliphatic rings. The van der Waals surface area contributed by atoms with Gasteiger partial charge in [-0.2, -0.15) is 0 Å². The van der Waals surface area contributed by atoms with Gasteiger partial charge in [-0.1, -0.05) is 89.4 Å². The summed E-state index contributed by atoms with van der Waals surface area (Å²) in [7, 11) is 0. The average Bonchev–Trinajstić information content (AvgIpc) is 3.42. The van der Waals surface area contributed by atoms with Crippen LogP contribution in [0.2, 0.25) is 0 Å². The van der Waals surface area contributed by atoms with Crippen LogP contribution in [0, 0.1) is 0 Å². The predicted molar refractivity (Wildman–Crippen MR) is 176 cm³/mol. The lowest BCUT2D eigenvalue weighted by molar-refractivity contribution is -0.366. The molecule has 1 saturated heterocycles. The number of rotatable bonds is 16. The predicted octanol–water partition coefficient (Wildman–Crippen LogP) is 8.76. The van der Waals surface area contributed by atoms with Crippen molar-refractivity contribution in [3.8, 4) is 0 Å². The molecule has 5 rings (SSSR count). The summed E-state index contributed by atoms with van der Waals surface area (Å²) < 4.78 is 34.7. The van der Waals surface area contributed by atoms with Crippen LogP contribution < -0.4 is 0 Å². The van der Waals surface area contributed by atoms with Crippen LogP contribution in [0.3, 0.4) is 0 Å². The summed E-state index contributed by atoms with van der Waals surface area (Å²) in [5.74, 6) is -1.00. The van der Waals surface area contributed by atoms with Crippen LogP contribution in [0.4, 0.5) is 0 Å². The normalized spacial score (nSPS) is 23.7. The van der Waals surface area contributed by atoms with Gasteiger partial charge >= 0.3 is 0 Å². The molecule has 1 aromatic heterocycles. The number of hydrogen-bond donors (Lipinski definition) is 0. The van der Waals surface area contributed by atoms with Gasteiger partial charge in [-0.05, 0) is 66.2 Å². The zero-order valence-electron chi connectivity index (χ0n) is 26.8. The first-order chi connectivity index (χ1) is 21.1. The zero-order valence-corrected chi connectivity index (χ0v) is 27.6. The maximum Gasteiger partial charge on any atom is 0.234 e. The lowest BCUT2D eigenvalue weighted by Crippen LogP contribution is -2.61. The van der Waals surface area contributed by atoms with Gasteiger partial charge in [-0.15, -0.1) is 11.3 Å². The summed E-state index contributed by atoms with van der Waals surface area (Å²) in [4.78, 5) is 1.16. The standard InChI is InChI=1S/C37H52O5S/c1-5-9-20-38-26-30-25-33(39-21-10-6-2)35(40-22-11-7-3)37(42-30)36-32(19-23-41-37)31-14-12-13-29(34(31)43-36)24-28-17-15-27(8-4)16-18-28/h12-18,30,33,35H,5-11,19-26H2,1-4H3/t30-,33-,35+,37+/m0/s1. The van der Waals surface area contributed by atoms with Crippen LogP contribution in [0.1, 0.15) is 99.8 Å². The van der Waals surface area contributed by atoms with E-state index in [0.717, 1.165) is 75.7 Å². The zero-order chi connectivity index (χ0) is 30.1. The third kappa shape index (κ3) is 7.54. The Labute approximate surface area is 263 Å². The Balaban J connectivity index is 1.53. The van der Waals surface area contributed by atoms with Gasteiger partial charge in [-0.25, -0.2) is 0 Å². The van der Waals surface area contributed by atoms with Gasteiger partial charge in [0.2, 0.25) is 5.79 Å². The lowest BCUT2D eigenvalue weighted by Gasteiger charge is -2.50. The van der Waals surface area contributed by atoms with Gasteiger partial charge in [0, 0.05) is 30.9 Å². The van der Waals surface area contributed by atoms with Crippen molar-refractivity contribution < 1.29 is 23.7 Å².